The molecule has 0 aliphatic rings. The molecule has 0 radical (unpaired) electrons. The molecule has 20 heavy (non-hydrogen) atoms. The average Bonchev–Trinajstić information content (AvgIpc) is 2.77. The summed E-state index contributed by atoms with van der Waals surface area (Å²) < 4.78 is 0. The van der Waals surface area contributed by atoms with Gasteiger partial charge in [-0.25, -0.2) is 0 Å². The van der Waals surface area contributed by atoms with Gasteiger partial charge < -0.3 is 10.4 Å². The van der Waals surface area contributed by atoms with E-state index >= 15 is 0 Å². The molecule has 0 aliphatic carbocycles. The van der Waals surface area contributed by atoms with Crippen molar-refractivity contribution >= 4 is 5.91 Å². The molecule has 5 heteroatoms. The van der Waals surface area contributed by atoms with Crippen LogP contribution in [0.4, 0.5) is 0 Å². The molecule has 0 saturated heterocycles. The van der Waals surface area contributed by atoms with Gasteiger partial charge in [0.1, 0.15) is 0 Å². The standard InChI is InChI=1S/C15H19N3O2/c1-10-13(11(2)18-17-10)8-15(20)16-14(9-19)12-6-4-3-5-7-12/h3-7,14,19H,8-9H2,1-2H3,(H,16,20)(H,17,18)/t14-/m0/s1. The number of hydrogen-bond donors (Lipinski definition) is 3. The van der Waals surface area contributed by atoms with Crippen molar-refractivity contribution in [1.82, 2.24) is 15.5 Å². The zero-order valence-electron chi connectivity index (χ0n) is 11.7. The number of H-pyrrole nitrogens is 1. The lowest BCUT2D eigenvalue weighted by Crippen LogP contribution is -2.32. The molecule has 1 atom stereocenters. The van der Waals surface area contributed by atoms with Crippen LogP contribution in [-0.4, -0.2) is 27.8 Å². The number of aromatic amines is 1. The highest BCUT2D eigenvalue weighted by molar-refractivity contribution is 5.79. The second-order valence-corrected chi connectivity index (χ2v) is 4.80. The first-order valence-electron chi connectivity index (χ1n) is 6.57. The minimum atomic E-state index is -0.379. The zero-order valence-corrected chi connectivity index (χ0v) is 11.7. The third-order valence-corrected chi connectivity index (χ3v) is 3.34. The minimum Gasteiger partial charge on any atom is -0.394 e. The molecule has 0 spiro atoms. The van der Waals surface area contributed by atoms with E-state index in [-0.39, 0.29) is 25.0 Å². The number of hydrogen-bond acceptors (Lipinski definition) is 3. The van der Waals surface area contributed by atoms with E-state index in [9.17, 15) is 9.90 Å². The highest BCUT2D eigenvalue weighted by Gasteiger charge is 2.16. The summed E-state index contributed by atoms with van der Waals surface area (Å²) in [7, 11) is 0. The van der Waals surface area contributed by atoms with Gasteiger partial charge in [0.05, 0.1) is 24.8 Å². The van der Waals surface area contributed by atoms with Crippen molar-refractivity contribution in [3.8, 4) is 0 Å². The Morgan fingerprint density at radius 2 is 2.05 bits per heavy atom. The van der Waals surface area contributed by atoms with Crippen molar-refractivity contribution < 1.29 is 9.90 Å². The van der Waals surface area contributed by atoms with E-state index in [1.54, 1.807) is 0 Å². The van der Waals surface area contributed by atoms with Crippen LogP contribution in [0.25, 0.3) is 0 Å². The van der Waals surface area contributed by atoms with E-state index in [1.165, 1.54) is 0 Å². The van der Waals surface area contributed by atoms with E-state index in [0.717, 1.165) is 22.5 Å². The fourth-order valence-electron chi connectivity index (χ4n) is 2.16. The Hall–Kier alpha value is -2.14. The largest absolute Gasteiger partial charge is 0.394 e. The summed E-state index contributed by atoms with van der Waals surface area (Å²) in [5.74, 6) is -0.125. The normalized spacial score (nSPS) is 12.2. The lowest BCUT2D eigenvalue weighted by molar-refractivity contribution is -0.121. The van der Waals surface area contributed by atoms with Gasteiger partial charge in [-0.2, -0.15) is 5.10 Å². The highest BCUT2D eigenvalue weighted by Crippen LogP contribution is 2.14. The van der Waals surface area contributed by atoms with Crippen LogP contribution >= 0.6 is 0 Å². The Labute approximate surface area is 118 Å². The Morgan fingerprint density at radius 3 is 2.60 bits per heavy atom. The van der Waals surface area contributed by atoms with Crippen LogP contribution in [-0.2, 0) is 11.2 Å². The maximum Gasteiger partial charge on any atom is 0.225 e. The number of aromatic nitrogens is 2. The molecule has 106 valence electrons. The lowest BCUT2D eigenvalue weighted by Gasteiger charge is -2.16. The number of nitrogens with zero attached hydrogens (tertiary/aromatic N) is 1. The SMILES string of the molecule is Cc1n[nH]c(C)c1CC(=O)N[C@@H](CO)c1ccccc1. The number of amides is 1. The first-order valence-corrected chi connectivity index (χ1v) is 6.57. The second kappa shape index (κ2) is 6.34. The van der Waals surface area contributed by atoms with E-state index in [4.69, 9.17) is 0 Å². The summed E-state index contributed by atoms with van der Waals surface area (Å²) in [5.41, 5.74) is 3.53. The molecular weight excluding hydrogens is 254 g/mol. The number of aliphatic hydroxyl groups excluding tert-OH is 1. The number of rotatable bonds is 5. The molecular formula is C15H19N3O2. The molecule has 1 amide bonds. The Morgan fingerprint density at radius 1 is 1.35 bits per heavy atom. The smallest absolute Gasteiger partial charge is 0.225 e. The highest BCUT2D eigenvalue weighted by atomic mass is 16.3. The van der Waals surface area contributed by atoms with Crippen molar-refractivity contribution in [2.24, 2.45) is 0 Å². The number of aryl methyl sites for hydroxylation is 2. The Kier molecular flexibility index (Phi) is 4.53. The van der Waals surface area contributed by atoms with Crippen LogP contribution in [0.3, 0.4) is 0 Å². The van der Waals surface area contributed by atoms with Gasteiger partial charge in [0.25, 0.3) is 0 Å². The molecule has 2 aromatic rings. The predicted octanol–water partition coefficient (Wildman–Crippen LogP) is 1.42. The molecule has 5 nitrogen and oxygen atoms in total. The molecule has 1 heterocycles. The van der Waals surface area contributed by atoms with Crippen molar-refractivity contribution in [1.29, 1.82) is 0 Å². The van der Waals surface area contributed by atoms with Gasteiger partial charge in [0.15, 0.2) is 0 Å². The molecule has 1 aromatic heterocycles. The number of aliphatic hydroxyl groups is 1. The van der Waals surface area contributed by atoms with Crippen molar-refractivity contribution in [2.75, 3.05) is 6.61 Å². The van der Waals surface area contributed by atoms with E-state index in [2.05, 4.69) is 15.5 Å². The Balaban J connectivity index is 2.03. The number of nitrogens with one attached hydrogen (secondary N) is 2. The molecule has 0 bridgehead atoms. The van der Waals surface area contributed by atoms with Gasteiger partial charge in [-0.05, 0) is 19.4 Å². The average molecular weight is 273 g/mol. The maximum atomic E-state index is 12.1. The van der Waals surface area contributed by atoms with Crippen LogP contribution in [0.1, 0.15) is 28.6 Å². The van der Waals surface area contributed by atoms with Gasteiger partial charge in [-0.3, -0.25) is 9.89 Å². The van der Waals surface area contributed by atoms with Crippen molar-refractivity contribution in [3.63, 3.8) is 0 Å². The molecule has 0 saturated carbocycles. The quantitative estimate of drug-likeness (QED) is 0.771. The molecule has 0 fully saturated rings. The number of carbonyl (C=O) groups is 1. The van der Waals surface area contributed by atoms with E-state index in [0.29, 0.717) is 0 Å². The first-order chi connectivity index (χ1) is 9.61. The van der Waals surface area contributed by atoms with Crippen LogP contribution in [0.15, 0.2) is 30.3 Å². The Bertz CT molecular complexity index is 559. The number of carbonyl (C=O) groups excluding carboxylic acids is 1. The van der Waals surface area contributed by atoms with Gasteiger partial charge in [-0.15, -0.1) is 0 Å². The third kappa shape index (κ3) is 3.24. The van der Waals surface area contributed by atoms with Gasteiger partial charge in [0, 0.05) is 11.3 Å². The van der Waals surface area contributed by atoms with Crippen molar-refractivity contribution in [3.05, 3.63) is 52.8 Å². The van der Waals surface area contributed by atoms with Gasteiger partial charge in [0.2, 0.25) is 5.91 Å². The fourth-order valence-corrected chi connectivity index (χ4v) is 2.16. The van der Waals surface area contributed by atoms with Gasteiger partial charge >= 0.3 is 0 Å². The zero-order chi connectivity index (χ0) is 14.5. The third-order valence-electron chi connectivity index (χ3n) is 3.34. The molecule has 0 aliphatic heterocycles. The summed E-state index contributed by atoms with van der Waals surface area (Å²) in [4.78, 5) is 12.1. The monoisotopic (exact) mass is 273 g/mol. The summed E-state index contributed by atoms with van der Waals surface area (Å²) in [6.07, 6.45) is 0.261. The van der Waals surface area contributed by atoms with E-state index in [1.807, 2.05) is 44.2 Å². The topological polar surface area (TPSA) is 78.0 Å². The molecule has 0 unspecified atom stereocenters. The second-order valence-electron chi connectivity index (χ2n) is 4.80. The first kappa shape index (κ1) is 14.3. The molecule has 3 N–H and O–H groups in total. The number of benzene rings is 1. The van der Waals surface area contributed by atoms with Crippen molar-refractivity contribution in [2.45, 2.75) is 26.3 Å². The summed E-state index contributed by atoms with van der Waals surface area (Å²) in [6.45, 7) is 3.63. The predicted molar refractivity (Wildman–Crippen MR) is 76.2 cm³/mol. The van der Waals surface area contributed by atoms with Crippen LogP contribution < -0.4 is 5.32 Å². The van der Waals surface area contributed by atoms with E-state index < -0.39 is 0 Å². The van der Waals surface area contributed by atoms with Crippen LogP contribution in [0, 0.1) is 13.8 Å². The maximum absolute atomic E-state index is 12.1. The van der Waals surface area contributed by atoms with Crippen LogP contribution in [0.5, 0.6) is 0 Å². The molecule has 1 aromatic carbocycles. The van der Waals surface area contributed by atoms with Gasteiger partial charge in [-0.1, -0.05) is 30.3 Å². The fraction of sp³-hybridized carbons (Fsp3) is 0.333. The summed E-state index contributed by atoms with van der Waals surface area (Å²) >= 11 is 0. The molecule has 2 rings (SSSR count). The lowest BCUT2D eigenvalue weighted by atomic mass is 10.1. The van der Waals surface area contributed by atoms with Crippen LogP contribution in [0.2, 0.25) is 0 Å². The summed E-state index contributed by atoms with van der Waals surface area (Å²) in [6, 6.07) is 9.06. The summed E-state index contributed by atoms with van der Waals surface area (Å²) in [5, 5.41) is 19.2. The minimum absolute atomic E-state index is 0.125.